The molecule has 33 heavy (non-hydrogen) atoms. The molecule has 6 heteroatoms. The zero-order valence-electron chi connectivity index (χ0n) is 18.3. The van der Waals surface area contributed by atoms with Crippen LogP contribution in [0.1, 0.15) is 32.9 Å². The van der Waals surface area contributed by atoms with E-state index in [1.165, 1.54) is 5.56 Å². The number of amides is 1. The number of fused-ring (bicyclic) bond motifs is 1. The highest BCUT2D eigenvalue weighted by Crippen LogP contribution is 2.27. The number of nitrogens with zero attached hydrogens (tertiary/aromatic N) is 2. The molecule has 0 unspecified atom stereocenters. The van der Waals surface area contributed by atoms with Gasteiger partial charge >= 0.3 is 0 Å². The van der Waals surface area contributed by atoms with Crippen LogP contribution in [0.2, 0.25) is 0 Å². The maximum atomic E-state index is 13.3. The highest BCUT2D eigenvalue weighted by molar-refractivity contribution is 6.09. The fourth-order valence-corrected chi connectivity index (χ4v) is 3.65. The maximum Gasteiger partial charge on any atom is 0.256 e. The number of rotatable bonds is 5. The highest BCUT2D eigenvalue weighted by Gasteiger charge is 2.19. The van der Waals surface area contributed by atoms with E-state index in [0.29, 0.717) is 28.5 Å². The first-order valence-electron chi connectivity index (χ1n) is 10.6. The Balaban J connectivity index is 1.44. The summed E-state index contributed by atoms with van der Waals surface area (Å²) in [6, 6.07) is 23.3. The molecule has 0 aliphatic heterocycles. The van der Waals surface area contributed by atoms with Gasteiger partial charge in [0.1, 0.15) is 17.2 Å². The standard InChI is InChI=1S/C27H22N4O2/c1-17-11-13-19(14-12-17)15-16-24-25(18(2)31-33-24)30-27(32)21-8-4-3-7-20(21)26-28-22-9-5-6-10-23(22)29-26/h3-16H,1-2H3,(H,28,29)(H,30,32)/b16-15+. The molecule has 0 aliphatic carbocycles. The molecule has 0 fully saturated rings. The van der Waals surface area contributed by atoms with Crippen LogP contribution in [0, 0.1) is 13.8 Å². The number of hydrogen-bond donors (Lipinski definition) is 2. The van der Waals surface area contributed by atoms with Gasteiger partial charge in [-0.25, -0.2) is 4.98 Å². The second-order valence-electron chi connectivity index (χ2n) is 7.85. The Morgan fingerprint density at radius 1 is 0.939 bits per heavy atom. The van der Waals surface area contributed by atoms with Gasteiger partial charge in [0.2, 0.25) is 0 Å². The molecule has 0 radical (unpaired) electrons. The van der Waals surface area contributed by atoms with Gasteiger partial charge in [-0.15, -0.1) is 0 Å². The van der Waals surface area contributed by atoms with Gasteiger partial charge < -0.3 is 14.8 Å². The van der Waals surface area contributed by atoms with Gasteiger partial charge in [0.25, 0.3) is 5.91 Å². The third-order valence-corrected chi connectivity index (χ3v) is 5.45. The van der Waals surface area contributed by atoms with Crippen molar-refractivity contribution in [2.45, 2.75) is 13.8 Å². The fourth-order valence-electron chi connectivity index (χ4n) is 3.65. The molecule has 5 aromatic rings. The van der Waals surface area contributed by atoms with Crippen molar-refractivity contribution < 1.29 is 9.32 Å². The molecule has 3 aromatic carbocycles. The van der Waals surface area contributed by atoms with Crippen LogP contribution in [0.4, 0.5) is 5.69 Å². The molecule has 162 valence electrons. The topological polar surface area (TPSA) is 83.8 Å². The number of H-pyrrole nitrogens is 1. The van der Waals surface area contributed by atoms with Gasteiger partial charge in [-0.1, -0.05) is 71.4 Å². The van der Waals surface area contributed by atoms with E-state index in [4.69, 9.17) is 4.52 Å². The van der Waals surface area contributed by atoms with Crippen molar-refractivity contribution in [2.24, 2.45) is 0 Å². The summed E-state index contributed by atoms with van der Waals surface area (Å²) in [5, 5.41) is 7.02. The molecular formula is C27H22N4O2. The van der Waals surface area contributed by atoms with Crippen LogP contribution >= 0.6 is 0 Å². The number of aromatic amines is 1. The molecule has 2 heterocycles. The van der Waals surface area contributed by atoms with E-state index < -0.39 is 0 Å². The second-order valence-corrected chi connectivity index (χ2v) is 7.85. The van der Waals surface area contributed by atoms with Gasteiger partial charge in [-0.05, 0) is 43.7 Å². The monoisotopic (exact) mass is 434 g/mol. The Labute approximate surface area is 191 Å². The number of hydrogen-bond acceptors (Lipinski definition) is 4. The largest absolute Gasteiger partial charge is 0.354 e. The molecule has 0 atom stereocenters. The third kappa shape index (κ3) is 4.19. The molecule has 6 nitrogen and oxygen atoms in total. The molecule has 0 aliphatic rings. The Morgan fingerprint density at radius 3 is 2.52 bits per heavy atom. The van der Waals surface area contributed by atoms with Crippen molar-refractivity contribution in [1.82, 2.24) is 15.1 Å². The number of anilines is 1. The zero-order chi connectivity index (χ0) is 22.8. The van der Waals surface area contributed by atoms with Crippen molar-refractivity contribution in [2.75, 3.05) is 5.32 Å². The molecular weight excluding hydrogens is 412 g/mol. The van der Waals surface area contributed by atoms with E-state index in [9.17, 15) is 4.79 Å². The molecule has 0 saturated carbocycles. The number of carbonyl (C=O) groups excluding carboxylic acids is 1. The summed E-state index contributed by atoms with van der Waals surface area (Å²) in [4.78, 5) is 21.2. The lowest BCUT2D eigenvalue weighted by molar-refractivity contribution is 0.102. The lowest BCUT2D eigenvalue weighted by atomic mass is 10.1. The summed E-state index contributed by atoms with van der Waals surface area (Å²) in [6.45, 7) is 3.84. The van der Waals surface area contributed by atoms with Crippen molar-refractivity contribution in [3.05, 3.63) is 101 Å². The van der Waals surface area contributed by atoms with Gasteiger partial charge in [0.05, 0.1) is 16.6 Å². The average molecular weight is 434 g/mol. The first-order valence-corrected chi connectivity index (χ1v) is 10.6. The lowest BCUT2D eigenvalue weighted by Gasteiger charge is -2.08. The lowest BCUT2D eigenvalue weighted by Crippen LogP contribution is -2.14. The number of imidazole rings is 1. The highest BCUT2D eigenvalue weighted by atomic mass is 16.5. The van der Waals surface area contributed by atoms with E-state index in [0.717, 1.165) is 22.2 Å². The summed E-state index contributed by atoms with van der Waals surface area (Å²) >= 11 is 0. The van der Waals surface area contributed by atoms with Crippen LogP contribution in [0.25, 0.3) is 34.6 Å². The summed E-state index contributed by atoms with van der Waals surface area (Å²) in [5.74, 6) is 0.869. The Morgan fingerprint density at radius 2 is 1.70 bits per heavy atom. The van der Waals surface area contributed by atoms with E-state index in [1.807, 2.05) is 85.8 Å². The predicted molar refractivity (Wildman–Crippen MR) is 131 cm³/mol. The molecule has 0 bridgehead atoms. The van der Waals surface area contributed by atoms with Crippen molar-refractivity contribution in [1.29, 1.82) is 0 Å². The number of benzene rings is 3. The summed E-state index contributed by atoms with van der Waals surface area (Å²) < 4.78 is 5.46. The minimum Gasteiger partial charge on any atom is -0.354 e. The van der Waals surface area contributed by atoms with Gasteiger partial charge in [0.15, 0.2) is 5.76 Å². The van der Waals surface area contributed by atoms with E-state index in [1.54, 1.807) is 13.0 Å². The van der Waals surface area contributed by atoms with Crippen molar-refractivity contribution in [3.63, 3.8) is 0 Å². The number of carbonyl (C=O) groups is 1. The number of aromatic nitrogens is 3. The van der Waals surface area contributed by atoms with E-state index in [-0.39, 0.29) is 5.91 Å². The van der Waals surface area contributed by atoms with Crippen LogP contribution in [0.5, 0.6) is 0 Å². The van der Waals surface area contributed by atoms with Crippen molar-refractivity contribution in [3.8, 4) is 11.4 Å². The molecule has 5 rings (SSSR count). The maximum absolute atomic E-state index is 13.3. The van der Waals surface area contributed by atoms with Gasteiger partial charge in [-0.3, -0.25) is 4.79 Å². The Kier molecular flexibility index (Phi) is 5.32. The first kappa shape index (κ1) is 20.5. The quantitative estimate of drug-likeness (QED) is 0.342. The average Bonchev–Trinajstić information content (AvgIpc) is 3.42. The normalized spacial score (nSPS) is 11.3. The Bertz CT molecular complexity index is 1440. The molecule has 0 spiro atoms. The number of para-hydroxylation sites is 2. The van der Waals surface area contributed by atoms with Crippen LogP contribution in [0.15, 0.2) is 77.3 Å². The Hall–Kier alpha value is -4.45. The molecule has 1 amide bonds. The van der Waals surface area contributed by atoms with Crippen LogP contribution in [-0.4, -0.2) is 21.0 Å². The summed E-state index contributed by atoms with van der Waals surface area (Å²) in [6.07, 6.45) is 3.74. The summed E-state index contributed by atoms with van der Waals surface area (Å²) in [5.41, 5.74) is 6.36. The third-order valence-electron chi connectivity index (χ3n) is 5.45. The molecule has 0 saturated heterocycles. The number of aryl methyl sites for hydroxylation is 2. The van der Waals surface area contributed by atoms with E-state index in [2.05, 4.69) is 20.4 Å². The van der Waals surface area contributed by atoms with Crippen LogP contribution in [0.3, 0.4) is 0 Å². The minimum atomic E-state index is -0.262. The van der Waals surface area contributed by atoms with Crippen molar-refractivity contribution >= 4 is 34.8 Å². The smallest absolute Gasteiger partial charge is 0.256 e. The predicted octanol–water partition coefficient (Wildman–Crippen LogP) is 6.26. The number of nitrogens with one attached hydrogen (secondary N) is 2. The summed E-state index contributed by atoms with van der Waals surface area (Å²) in [7, 11) is 0. The minimum absolute atomic E-state index is 0.262. The molecule has 2 aromatic heterocycles. The van der Waals surface area contributed by atoms with Crippen LogP contribution in [-0.2, 0) is 0 Å². The van der Waals surface area contributed by atoms with Gasteiger partial charge in [-0.2, -0.15) is 0 Å². The fraction of sp³-hybridized carbons (Fsp3) is 0.0741. The first-order chi connectivity index (χ1) is 16.1. The van der Waals surface area contributed by atoms with Crippen LogP contribution < -0.4 is 5.32 Å². The van der Waals surface area contributed by atoms with E-state index >= 15 is 0 Å². The van der Waals surface area contributed by atoms with Gasteiger partial charge in [0, 0.05) is 5.56 Å². The SMILES string of the molecule is Cc1ccc(/C=C/c2onc(C)c2NC(=O)c2ccccc2-c2nc3ccccc3[nH]2)cc1. The second kappa shape index (κ2) is 8.59. The molecule has 2 N–H and O–H groups in total. The zero-order valence-corrected chi connectivity index (χ0v) is 18.3.